The van der Waals surface area contributed by atoms with Crippen LogP contribution in [0.5, 0.6) is 0 Å². The van der Waals surface area contributed by atoms with Gasteiger partial charge in [0.05, 0.1) is 0 Å². The van der Waals surface area contributed by atoms with E-state index in [9.17, 15) is 9.59 Å². The summed E-state index contributed by atoms with van der Waals surface area (Å²) in [6, 6.07) is 17.6. The first kappa shape index (κ1) is 19.7. The van der Waals surface area contributed by atoms with Crippen molar-refractivity contribution in [3.8, 4) is 0 Å². The number of urea groups is 1. The van der Waals surface area contributed by atoms with Crippen molar-refractivity contribution in [1.29, 1.82) is 0 Å². The number of carbonyl (C=O) groups excluding carboxylic acids is 2. The van der Waals surface area contributed by atoms with E-state index in [-0.39, 0.29) is 18.0 Å². The molecule has 0 saturated heterocycles. The Labute approximate surface area is 166 Å². The molecule has 3 rings (SSSR count). The third-order valence-corrected chi connectivity index (χ3v) is 4.71. The molecular weight excluding hydrogens is 350 g/mol. The molecule has 0 unspecified atom stereocenters. The van der Waals surface area contributed by atoms with Crippen molar-refractivity contribution >= 4 is 17.5 Å². The molecule has 28 heavy (non-hydrogen) atoms. The van der Waals surface area contributed by atoms with Gasteiger partial charge in [-0.3, -0.25) is 4.79 Å². The van der Waals surface area contributed by atoms with E-state index >= 15 is 0 Å². The van der Waals surface area contributed by atoms with Gasteiger partial charge in [0, 0.05) is 31.2 Å². The van der Waals surface area contributed by atoms with Crippen molar-refractivity contribution in [3.63, 3.8) is 0 Å². The summed E-state index contributed by atoms with van der Waals surface area (Å²) >= 11 is 0. The van der Waals surface area contributed by atoms with Crippen LogP contribution in [0.2, 0.25) is 0 Å². The molecule has 5 heteroatoms. The van der Waals surface area contributed by atoms with E-state index in [4.69, 9.17) is 0 Å². The van der Waals surface area contributed by atoms with Crippen LogP contribution in [0.25, 0.3) is 5.57 Å². The van der Waals surface area contributed by atoms with Gasteiger partial charge in [-0.1, -0.05) is 48.5 Å². The van der Waals surface area contributed by atoms with Crippen LogP contribution in [0.3, 0.4) is 0 Å². The number of carbonyl (C=O) groups is 2. The van der Waals surface area contributed by atoms with E-state index in [1.54, 1.807) is 0 Å². The molecule has 146 valence electrons. The zero-order valence-corrected chi connectivity index (χ0v) is 16.4. The number of benzene rings is 2. The molecule has 2 N–H and O–H groups in total. The van der Waals surface area contributed by atoms with Gasteiger partial charge in [0.2, 0.25) is 0 Å². The van der Waals surface area contributed by atoms with Gasteiger partial charge < -0.3 is 15.5 Å². The Hall–Kier alpha value is -3.08. The van der Waals surface area contributed by atoms with Gasteiger partial charge in [-0.15, -0.1) is 0 Å². The number of hydrogen-bond acceptors (Lipinski definition) is 2. The Morgan fingerprint density at radius 1 is 1.04 bits per heavy atom. The summed E-state index contributed by atoms with van der Waals surface area (Å²) in [4.78, 5) is 26.3. The first-order chi connectivity index (χ1) is 13.5. The molecule has 1 heterocycles. The molecule has 0 bridgehead atoms. The highest BCUT2D eigenvalue weighted by Crippen LogP contribution is 2.23. The average molecular weight is 377 g/mol. The van der Waals surface area contributed by atoms with Crippen molar-refractivity contribution in [3.05, 3.63) is 77.4 Å². The second-order valence-corrected chi connectivity index (χ2v) is 7.28. The zero-order valence-electron chi connectivity index (χ0n) is 16.4. The van der Waals surface area contributed by atoms with Crippen molar-refractivity contribution in [1.82, 2.24) is 15.5 Å². The lowest BCUT2D eigenvalue weighted by atomic mass is 9.99. The molecular formula is C23H27N3O2. The van der Waals surface area contributed by atoms with Crippen LogP contribution in [-0.4, -0.2) is 36.0 Å². The largest absolute Gasteiger partial charge is 0.336 e. The van der Waals surface area contributed by atoms with Gasteiger partial charge in [-0.2, -0.15) is 0 Å². The standard InChI is InChI=1S/C23H27N3O2/c1-17(2)25-23(28)24-16-18-8-10-21(11-9-18)22(27)26-14-12-20(13-15-26)19-6-4-3-5-7-19/h3-12,17H,13-16H2,1-2H3,(H2,24,25,28). The Kier molecular flexibility index (Phi) is 6.48. The van der Waals surface area contributed by atoms with E-state index in [1.165, 1.54) is 11.1 Å². The predicted octanol–water partition coefficient (Wildman–Crippen LogP) is 3.82. The summed E-state index contributed by atoms with van der Waals surface area (Å²) in [7, 11) is 0. The van der Waals surface area contributed by atoms with Gasteiger partial charge in [0.15, 0.2) is 0 Å². The Morgan fingerprint density at radius 3 is 2.36 bits per heavy atom. The van der Waals surface area contributed by atoms with Gasteiger partial charge >= 0.3 is 6.03 Å². The highest BCUT2D eigenvalue weighted by molar-refractivity contribution is 5.94. The van der Waals surface area contributed by atoms with Crippen molar-refractivity contribution in [2.75, 3.05) is 13.1 Å². The van der Waals surface area contributed by atoms with E-state index in [0.29, 0.717) is 18.7 Å². The summed E-state index contributed by atoms with van der Waals surface area (Å²) in [6.07, 6.45) is 3.01. The second kappa shape index (κ2) is 9.22. The minimum Gasteiger partial charge on any atom is -0.336 e. The molecule has 2 aromatic carbocycles. The van der Waals surface area contributed by atoms with Crippen LogP contribution in [0, 0.1) is 0 Å². The molecule has 0 spiro atoms. The SMILES string of the molecule is CC(C)NC(=O)NCc1ccc(C(=O)N2CC=C(c3ccccc3)CC2)cc1. The lowest BCUT2D eigenvalue weighted by molar-refractivity contribution is 0.0773. The van der Waals surface area contributed by atoms with Crippen LogP contribution in [0.1, 0.15) is 41.8 Å². The normalized spacial score (nSPS) is 13.8. The van der Waals surface area contributed by atoms with Crippen LogP contribution in [-0.2, 0) is 6.54 Å². The fraction of sp³-hybridized carbons (Fsp3) is 0.304. The molecule has 0 radical (unpaired) electrons. The Morgan fingerprint density at radius 2 is 1.75 bits per heavy atom. The van der Waals surface area contributed by atoms with Crippen molar-refractivity contribution in [2.24, 2.45) is 0 Å². The van der Waals surface area contributed by atoms with Crippen molar-refractivity contribution < 1.29 is 9.59 Å². The minimum atomic E-state index is -0.190. The molecule has 3 amide bonds. The third kappa shape index (κ3) is 5.22. The molecule has 1 aliphatic heterocycles. The second-order valence-electron chi connectivity index (χ2n) is 7.28. The smallest absolute Gasteiger partial charge is 0.315 e. The van der Waals surface area contributed by atoms with E-state index in [0.717, 1.165) is 18.5 Å². The maximum absolute atomic E-state index is 12.8. The van der Waals surface area contributed by atoms with Gasteiger partial charge in [0.25, 0.3) is 5.91 Å². The third-order valence-electron chi connectivity index (χ3n) is 4.71. The van der Waals surface area contributed by atoms with Gasteiger partial charge in [-0.25, -0.2) is 4.79 Å². The van der Waals surface area contributed by atoms with E-state index in [2.05, 4.69) is 28.8 Å². The highest BCUT2D eigenvalue weighted by Gasteiger charge is 2.19. The molecule has 5 nitrogen and oxygen atoms in total. The molecule has 0 fully saturated rings. The fourth-order valence-corrected chi connectivity index (χ4v) is 3.21. The van der Waals surface area contributed by atoms with E-state index < -0.39 is 0 Å². The number of amides is 3. The lowest BCUT2D eigenvalue weighted by Gasteiger charge is -2.27. The highest BCUT2D eigenvalue weighted by atomic mass is 16.2. The summed E-state index contributed by atoms with van der Waals surface area (Å²) in [5.41, 5.74) is 4.16. The van der Waals surface area contributed by atoms with Crippen LogP contribution >= 0.6 is 0 Å². The number of nitrogens with one attached hydrogen (secondary N) is 2. The lowest BCUT2D eigenvalue weighted by Crippen LogP contribution is -2.39. The van der Waals surface area contributed by atoms with Crippen LogP contribution < -0.4 is 10.6 Å². The maximum Gasteiger partial charge on any atom is 0.315 e. The zero-order chi connectivity index (χ0) is 19.9. The van der Waals surface area contributed by atoms with Gasteiger partial charge in [0.1, 0.15) is 0 Å². The quantitative estimate of drug-likeness (QED) is 0.832. The van der Waals surface area contributed by atoms with Crippen LogP contribution in [0.4, 0.5) is 4.79 Å². The molecule has 1 aliphatic rings. The van der Waals surface area contributed by atoms with Crippen molar-refractivity contribution in [2.45, 2.75) is 32.9 Å². The van der Waals surface area contributed by atoms with Gasteiger partial charge in [-0.05, 0) is 49.1 Å². The fourth-order valence-electron chi connectivity index (χ4n) is 3.21. The first-order valence-corrected chi connectivity index (χ1v) is 9.70. The Balaban J connectivity index is 1.55. The molecule has 0 saturated carbocycles. The molecule has 2 aromatic rings. The first-order valence-electron chi connectivity index (χ1n) is 9.70. The van der Waals surface area contributed by atoms with Crippen LogP contribution in [0.15, 0.2) is 60.7 Å². The Bertz CT molecular complexity index is 842. The molecule has 0 aliphatic carbocycles. The monoisotopic (exact) mass is 377 g/mol. The summed E-state index contributed by atoms with van der Waals surface area (Å²) in [6.45, 7) is 5.61. The molecule has 0 aromatic heterocycles. The minimum absolute atomic E-state index is 0.0421. The van der Waals surface area contributed by atoms with E-state index in [1.807, 2.05) is 61.2 Å². The summed E-state index contributed by atoms with van der Waals surface area (Å²) in [5.74, 6) is 0.0421. The molecule has 0 atom stereocenters. The maximum atomic E-state index is 12.8. The number of rotatable bonds is 5. The topological polar surface area (TPSA) is 61.4 Å². The summed E-state index contributed by atoms with van der Waals surface area (Å²) in [5, 5.41) is 5.59. The number of hydrogen-bond donors (Lipinski definition) is 2. The average Bonchev–Trinajstić information content (AvgIpc) is 2.72. The number of nitrogens with zero attached hydrogens (tertiary/aromatic N) is 1. The predicted molar refractivity (Wildman–Crippen MR) is 112 cm³/mol. The summed E-state index contributed by atoms with van der Waals surface area (Å²) < 4.78 is 0.